The molecule has 1 saturated heterocycles. The number of aryl methyl sites for hydroxylation is 1. The third-order valence-electron chi connectivity index (χ3n) is 6.20. The Bertz CT molecular complexity index is 1050. The molecule has 3 heterocycles. The van der Waals surface area contributed by atoms with Crippen molar-refractivity contribution < 1.29 is 9.18 Å². The standard InChI is InChI=1S/C20H26FN5O/c1-5-25-7-6-20(4,10-11(25)2)16-12(3)24-26-17-14(18(22)27)8-13(21)9-15(17)23-19(16)26/h8-9,11,23H,5-7,10H2,1-4H3,(H2,22,27). The van der Waals surface area contributed by atoms with Crippen molar-refractivity contribution in [1.29, 1.82) is 0 Å². The summed E-state index contributed by atoms with van der Waals surface area (Å²) in [6.07, 6.45) is 2.05. The van der Waals surface area contributed by atoms with Crippen LogP contribution in [0.4, 0.5) is 4.39 Å². The van der Waals surface area contributed by atoms with Crippen LogP contribution in [0.3, 0.4) is 0 Å². The number of aromatic nitrogens is 3. The Balaban J connectivity index is 1.94. The number of rotatable bonds is 3. The smallest absolute Gasteiger partial charge is 0.251 e. The third-order valence-corrected chi connectivity index (χ3v) is 6.20. The molecule has 0 bridgehead atoms. The number of hydrogen-bond acceptors (Lipinski definition) is 3. The zero-order chi connectivity index (χ0) is 19.5. The predicted molar refractivity (Wildman–Crippen MR) is 104 cm³/mol. The number of halogens is 1. The molecule has 1 aliphatic heterocycles. The van der Waals surface area contributed by atoms with E-state index in [0.717, 1.165) is 42.8 Å². The first-order valence-corrected chi connectivity index (χ1v) is 9.50. The van der Waals surface area contributed by atoms with Crippen LogP contribution in [0.1, 0.15) is 55.2 Å². The number of carbonyl (C=O) groups is 1. The summed E-state index contributed by atoms with van der Waals surface area (Å²) >= 11 is 0. The van der Waals surface area contributed by atoms with Gasteiger partial charge < -0.3 is 15.6 Å². The summed E-state index contributed by atoms with van der Waals surface area (Å²) in [5, 5.41) is 4.70. The van der Waals surface area contributed by atoms with E-state index in [9.17, 15) is 9.18 Å². The number of amides is 1. The molecule has 2 unspecified atom stereocenters. The second-order valence-corrected chi connectivity index (χ2v) is 8.05. The van der Waals surface area contributed by atoms with Crippen LogP contribution < -0.4 is 5.73 Å². The SMILES string of the molecule is CCN1CCC(C)(c2c(C)nn3c2[nH]c2cc(F)cc(C(N)=O)c23)CC1C. The number of likely N-dealkylation sites (tertiary alicyclic amines) is 1. The van der Waals surface area contributed by atoms with Crippen LogP contribution in [-0.2, 0) is 5.41 Å². The van der Waals surface area contributed by atoms with Crippen molar-refractivity contribution in [1.82, 2.24) is 19.5 Å². The molecule has 0 saturated carbocycles. The maximum absolute atomic E-state index is 14.0. The second-order valence-electron chi connectivity index (χ2n) is 8.05. The van der Waals surface area contributed by atoms with Crippen molar-refractivity contribution in [2.75, 3.05) is 13.1 Å². The third kappa shape index (κ3) is 2.64. The Labute approximate surface area is 157 Å². The molecule has 144 valence electrons. The van der Waals surface area contributed by atoms with Crippen LogP contribution in [0.25, 0.3) is 16.7 Å². The lowest BCUT2D eigenvalue weighted by Gasteiger charge is -2.43. The summed E-state index contributed by atoms with van der Waals surface area (Å²) in [4.78, 5) is 17.7. The summed E-state index contributed by atoms with van der Waals surface area (Å²) in [6.45, 7) is 10.8. The number of piperidine rings is 1. The molecule has 6 nitrogen and oxygen atoms in total. The van der Waals surface area contributed by atoms with Crippen LogP contribution in [0.2, 0.25) is 0 Å². The fourth-order valence-corrected chi connectivity index (χ4v) is 4.96. The number of imidazole rings is 1. The summed E-state index contributed by atoms with van der Waals surface area (Å²) < 4.78 is 15.7. The van der Waals surface area contributed by atoms with Gasteiger partial charge in [0.25, 0.3) is 5.91 Å². The van der Waals surface area contributed by atoms with Gasteiger partial charge >= 0.3 is 0 Å². The van der Waals surface area contributed by atoms with Gasteiger partial charge in [-0.1, -0.05) is 13.8 Å². The average Bonchev–Trinajstić information content (AvgIpc) is 3.07. The highest BCUT2D eigenvalue weighted by atomic mass is 19.1. The molecule has 1 amide bonds. The number of nitrogens with one attached hydrogen (secondary N) is 1. The van der Waals surface area contributed by atoms with Crippen molar-refractivity contribution in [3.8, 4) is 0 Å². The Morgan fingerprint density at radius 2 is 2.22 bits per heavy atom. The minimum atomic E-state index is -0.661. The molecule has 7 heteroatoms. The number of primary amides is 1. The molecule has 4 rings (SSSR count). The fourth-order valence-electron chi connectivity index (χ4n) is 4.96. The predicted octanol–water partition coefficient (Wildman–Crippen LogP) is 3.12. The largest absolute Gasteiger partial charge is 0.366 e. The molecule has 0 aliphatic carbocycles. The van der Waals surface area contributed by atoms with Crippen molar-refractivity contribution in [3.63, 3.8) is 0 Å². The van der Waals surface area contributed by atoms with E-state index in [0.29, 0.717) is 17.1 Å². The van der Waals surface area contributed by atoms with Crippen LogP contribution >= 0.6 is 0 Å². The average molecular weight is 371 g/mol. The fraction of sp³-hybridized carbons (Fsp3) is 0.500. The first-order valence-electron chi connectivity index (χ1n) is 9.50. The van der Waals surface area contributed by atoms with E-state index in [1.807, 2.05) is 6.92 Å². The van der Waals surface area contributed by atoms with E-state index in [4.69, 9.17) is 10.8 Å². The number of aromatic amines is 1. The number of hydrogen-bond donors (Lipinski definition) is 2. The van der Waals surface area contributed by atoms with Crippen molar-refractivity contribution in [2.24, 2.45) is 5.73 Å². The molecule has 1 aliphatic rings. The summed E-state index contributed by atoms with van der Waals surface area (Å²) in [7, 11) is 0. The van der Waals surface area contributed by atoms with Crippen LogP contribution in [0.15, 0.2) is 12.1 Å². The van der Waals surface area contributed by atoms with Crippen LogP contribution in [-0.4, -0.2) is 44.5 Å². The quantitative estimate of drug-likeness (QED) is 0.742. The van der Waals surface area contributed by atoms with E-state index in [2.05, 4.69) is 30.7 Å². The molecule has 3 N–H and O–H groups in total. The number of benzene rings is 1. The van der Waals surface area contributed by atoms with Crippen molar-refractivity contribution in [3.05, 3.63) is 34.8 Å². The zero-order valence-electron chi connectivity index (χ0n) is 16.3. The van der Waals surface area contributed by atoms with Gasteiger partial charge in [0.05, 0.1) is 16.8 Å². The topological polar surface area (TPSA) is 79.4 Å². The van der Waals surface area contributed by atoms with Crippen molar-refractivity contribution in [2.45, 2.75) is 52.0 Å². The number of fused-ring (bicyclic) bond motifs is 3. The first kappa shape index (κ1) is 18.0. The van der Waals surface area contributed by atoms with E-state index < -0.39 is 11.7 Å². The second kappa shape index (κ2) is 6.05. The molecule has 0 spiro atoms. The highest BCUT2D eigenvalue weighted by Crippen LogP contribution is 2.42. The highest BCUT2D eigenvalue weighted by molar-refractivity contribution is 6.05. The van der Waals surface area contributed by atoms with Gasteiger partial charge in [-0.15, -0.1) is 0 Å². The Morgan fingerprint density at radius 1 is 1.48 bits per heavy atom. The van der Waals surface area contributed by atoms with Gasteiger partial charge in [-0.3, -0.25) is 4.79 Å². The Morgan fingerprint density at radius 3 is 2.85 bits per heavy atom. The van der Waals surface area contributed by atoms with Gasteiger partial charge in [-0.05, 0) is 51.9 Å². The van der Waals surface area contributed by atoms with Gasteiger partial charge in [-0.25, -0.2) is 8.91 Å². The monoisotopic (exact) mass is 371 g/mol. The van der Waals surface area contributed by atoms with Gasteiger partial charge in [0.1, 0.15) is 17.0 Å². The lowest BCUT2D eigenvalue weighted by Crippen LogP contribution is -2.46. The van der Waals surface area contributed by atoms with Crippen molar-refractivity contribution >= 4 is 22.6 Å². The Hall–Kier alpha value is -2.41. The molecular formula is C20H26FN5O. The lowest BCUT2D eigenvalue weighted by molar-refractivity contribution is 0.100. The molecule has 1 fully saturated rings. The van der Waals surface area contributed by atoms with E-state index in [1.54, 1.807) is 4.52 Å². The number of nitrogens with zero attached hydrogens (tertiary/aromatic N) is 3. The first-order chi connectivity index (χ1) is 12.7. The maximum atomic E-state index is 14.0. The molecule has 3 aromatic rings. The molecule has 27 heavy (non-hydrogen) atoms. The van der Waals surface area contributed by atoms with Crippen LogP contribution in [0.5, 0.6) is 0 Å². The maximum Gasteiger partial charge on any atom is 0.251 e. The summed E-state index contributed by atoms with van der Waals surface area (Å²) in [5.41, 5.74) is 9.59. The lowest BCUT2D eigenvalue weighted by atomic mass is 9.72. The van der Waals surface area contributed by atoms with Gasteiger partial charge in [-0.2, -0.15) is 5.10 Å². The molecular weight excluding hydrogens is 345 g/mol. The van der Waals surface area contributed by atoms with E-state index in [-0.39, 0.29) is 11.0 Å². The molecule has 2 atom stereocenters. The zero-order valence-corrected chi connectivity index (χ0v) is 16.3. The Kier molecular flexibility index (Phi) is 4.03. The minimum Gasteiger partial charge on any atom is -0.366 e. The minimum absolute atomic E-state index is 0.0385. The highest BCUT2D eigenvalue weighted by Gasteiger charge is 2.39. The summed E-state index contributed by atoms with van der Waals surface area (Å²) in [6, 6.07) is 3.05. The molecule has 0 radical (unpaired) electrons. The normalized spacial score (nSPS) is 24.1. The molecule has 1 aromatic carbocycles. The number of carbonyl (C=O) groups excluding carboxylic acids is 1. The summed E-state index contributed by atoms with van der Waals surface area (Å²) in [5.74, 6) is -1.15. The molecule has 2 aromatic heterocycles. The van der Waals surface area contributed by atoms with Gasteiger partial charge in [0, 0.05) is 17.0 Å². The van der Waals surface area contributed by atoms with E-state index in [1.165, 1.54) is 12.1 Å². The van der Waals surface area contributed by atoms with Gasteiger partial charge in [0.15, 0.2) is 0 Å². The van der Waals surface area contributed by atoms with E-state index >= 15 is 0 Å². The number of H-pyrrole nitrogens is 1. The van der Waals surface area contributed by atoms with Gasteiger partial charge in [0.2, 0.25) is 0 Å². The van der Waals surface area contributed by atoms with Crippen LogP contribution in [0, 0.1) is 12.7 Å². The number of nitrogens with two attached hydrogens (primary N) is 1.